The number of rotatable bonds is 11. The maximum atomic E-state index is 13.2. The molecule has 26 atom stereocenters. The monoisotopic (exact) mass is 1040 g/mol. The van der Waals surface area contributed by atoms with E-state index in [4.69, 9.17) is 37.9 Å². The molecule has 9 rings (SSSR count). The van der Waals surface area contributed by atoms with E-state index in [9.17, 15) is 66.1 Å². The Morgan fingerprint density at radius 1 is 0.616 bits per heavy atom. The second-order valence-electron chi connectivity index (χ2n) is 25.4. The van der Waals surface area contributed by atoms with Gasteiger partial charge in [-0.15, -0.1) is 0 Å². The van der Waals surface area contributed by atoms with E-state index < -0.39 is 160 Å². The summed E-state index contributed by atoms with van der Waals surface area (Å²) in [7, 11) is 0. The van der Waals surface area contributed by atoms with Crippen LogP contribution in [0, 0.1) is 50.2 Å². The molecule has 0 amide bonds. The molecular weight excluding hydrogens is 961 g/mol. The van der Waals surface area contributed by atoms with Crippen molar-refractivity contribution < 1.29 is 104 Å². The number of hydrogen-bond acceptors (Lipinski definition) is 20. The molecule has 12 N–H and O–H groups in total. The summed E-state index contributed by atoms with van der Waals surface area (Å²) in [5.41, 5.74) is -0.395. The predicted molar refractivity (Wildman–Crippen MR) is 251 cm³/mol. The van der Waals surface area contributed by atoms with Gasteiger partial charge in [0, 0.05) is 0 Å². The van der Waals surface area contributed by atoms with Gasteiger partial charge < -0.3 is 99.2 Å². The molecule has 4 heterocycles. The highest BCUT2D eigenvalue weighted by Crippen LogP contribution is 2.76. The fraction of sp³-hybridized carbons (Fsp3) is 0.942. The number of carbonyl (C=O) groups is 1. The van der Waals surface area contributed by atoms with Crippen molar-refractivity contribution >= 4 is 5.97 Å². The summed E-state index contributed by atoms with van der Waals surface area (Å²) in [6, 6.07) is 0. The first-order chi connectivity index (χ1) is 34.2. The van der Waals surface area contributed by atoms with E-state index in [-0.39, 0.29) is 39.4 Å². The van der Waals surface area contributed by atoms with Crippen LogP contribution in [0.3, 0.4) is 0 Å². The topological polar surface area (TPSA) is 334 Å². The molecule has 4 saturated carbocycles. The normalized spacial score (nSPS) is 53.7. The lowest BCUT2D eigenvalue weighted by molar-refractivity contribution is -0.384. The van der Waals surface area contributed by atoms with Crippen LogP contribution < -0.4 is 0 Å². The minimum atomic E-state index is -1.87. The lowest BCUT2D eigenvalue weighted by Gasteiger charge is -2.71. The van der Waals surface area contributed by atoms with E-state index in [1.165, 1.54) is 5.57 Å². The number of fused-ring (bicyclic) bond motifs is 7. The van der Waals surface area contributed by atoms with Crippen LogP contribution in [0.2, 0.25) is 0 Å². The van der Waals surface area contributed by atoms with Crippen molar-refractivity contribution in [2.75, 3.05) is 26.4 Å². The molecule has 21 nitrogen and oxygen atoms in total. The minimum Gasteiger partial charge on any atom is -0.481 e. The van der Waals surface area contributed by atoms with Gasteiger partial charge in [0.25, 0.3) is 0 Å². The van der Waals surface area contributed by atoms with Gasteiger partial charge in [-0.3, -0.25) is 4.79 Å². The molecule has 21 heteroatoms. The van der Waals surface area contributed by atoms with Gasteiger partial charge in [0.05, 0.1) is 37.9 Å². The third-order valence-electron chi connectivity index (χ3n) is 20.7. The van der Waals surface area contributed by atoms with Gasteiger partial charge in [-0.2, -0.15) is 0 Å². The minimum absolute atomic E-state index is 0.0198. The van der Waals surface area contributed by atoms with Gasteiger partial charge in [0.1, 0.15) is 85.5 Å². The number of hydrogen-bond donors (Lipinski definition) is 12. The molecule has 5 aliphatic carbocycles. The highest BCUT2D eigenvalue weighted by atomic mass is 16.8. The zero-order valence-corrected chi connectivity index (χ0v) is 43.2. The van der Waals surface area contributed by atoms with E-state index in [2.05, 4.69) is 54.5 Å². The molecule has 4 saturated heterocycles. The van der Waals surface area contributed by atoms with Crippen molar-refractivity contribution in [3.63, 3.8) is 0 Å². The first-order valence-corrected chi connectivity index (χ1v) is 26.6. The molecule has 26 unspecified atom stereocenters. The smallest absolute Gasteiger partial charge is 0.310 e. The van der Waals surface area contributed by atoms with Crippen LogP contribution in [0.4, 0.5) is 0 Å². The first-order valence-electron chi connectivity index (χ1n) is 26.6. The molecule has 8 fully saturated rings. The Hall–Kier alpha value is -1.55. The van der Waals surface area contributed by atoms with Crippen molar-refractivity contribution in [1.29, 1.82) is 0 Å². The van der Waals surface area contributed by atoms with Crippen molar-refractivity contribution in [2.45, 2.75) is 229 Å². The molecule has 418 valence electrons. The second-order valence-corrected chi connectivity index (χ2v) is 25.4. The van der Waals surface area contributed by atoms with Gasteiger partial charge in [0.2, 0.25) is 0 Å². The molecule has 0 aromatic heterocycles. The van der Waals surface area contributed by atoms with Crippen molar-refractivity contribution in [3.05, 3.63) is 11.6 Å². The van der Waals surface area contributed by atoms with Crippen LogP contribution in [0.15, 0.2) is 11.6 Å². The summed E-state index contributed by atoms with van der Waals surface area (Å²) >= 11 is 0. The number of carboxylic acids is 1. The van der Waals surface area contributed by atoms with E-state index in [0.29, 0.717) is 19.3 Å². The third-order valence-corrected chi connectivity index (χ3v) is 20.7. The molecular formula is C52H84O21. The molecule has 0 bridgehead atoms. The third kappa shape index (κ3) is 9.29. The fourth-order valence-corrected chi connectivity index (χ4v) is 15.9. The maximum Gasteiger partial charge on any atom is 0.310 e. The lowest BCUT2D eigenvalue weighted by atomic mass is 9.33. The molecule has 9 aliphatic rings. The SMILES string of the molecule is CC1(C)CCC2(C(=O)O)CCC3(C)C(=CCC4C5(C)CCC(OC6OC(COC7OCC(O)C(O)C7OC7OCC(O)C(O)C7O)C(O)C(O)C6OC6OC(CO)C(O)C(O)C6O)C(C)(C)C5CCC43C)C2C1. The Bertz CT molecular complexity index is 2010. The molecule has 0 spiro atoms. The largest absolute Gasteiger partial charge is 0.481 e. The Morgan fingerprint density at radius 3 is 1.90 bits per heavy atom. The number of allylic oxidation sites excluding steroid dienone is 2. The molecule has 0 radical (unpaired) electrons. The fourth-order valence-electron chi connectivity index (χ4n) is 15.9. The number of carboxylic acid groups (broad SMARTS) is 1. The van der Waals surface area contributed by atoms with Crippen LogP contribution in [0.5, 0.6) is 0 Å². The quantitative estimate of drug-likeness (QED) is 0.0942. The van der Waals surface area contributed by atoms with Crippen molar-refractivity contribution in [2.24, 2.45) is 50.2 Å². The van der Waals surface area contributed by atoms with Gasteiger partial charge >= 0.3 is 5.97 Å². The number of aliphatic hydroxyl groups is 11. The van der Waals surface area contributed by atoms with Crippen LogP contribution in [0.25, 0.3) is 0 Å². The Morgan fingerprint density at radius 2 is 1.22 bits per heavy atom. The Balaban J connectivity index is 0.965. The average molecular weight is 1050 g/mol. The zero-order chi connectivity index (χ0) is 53.1. The summed E-state index contributed by atoms with van der Waals surface area (Å²) in [6.07, 6.45) is -19.5. The number of aliphatic hydroxyl groups excluding tert-OH is 11. The Kier molecular flexibility index (Phi) is 15.6. The van der Waals surface area contributed by atoms with Gasteiger partial charge in [-0.1, -0.05) is 60.1 Å². The van der Waals surface area contributed by atoms with E-state index in [0.717, 1.165) is 44.9 Å². The summed E-state index contributed by atoms with van der Waals surface area (Å²) in [6.45, 7) is 14.0. The summed E-state index contributed by atoms with van der Waals surface area (Å²) < 4.78 is 48.2. The summed E-state index contributed by atoms with van der Waals surface area (Å²) in [5, 5.41) is 129. The van der Waals surface area contributed by atoms with Gasteiger partial charge in [0.15, 0.2) is 25.2 Å². The summed E-state index contributed by atoms with van der Waals surface area (Å²) in [4.78, 5) is 13.2. The van der Waals surface area contributed by atoms with Gasteiger partial charge in [-0.25, -0.2) is 0 Å². The molecule has 0 aromatic rings. The van der Waals surface area contributed by atoms with Crippen LogP contribution in [-0.4, -0.2) is 210 Å². The van der Waals surface area contributed by atoms with Crippen LogP contribution in [-0.2, 0) is 42.7 Å². The highest BCUT2D eigenvalue weighted by Gasteiger charge is 2.70. The first kappa shape index (κ1) is 56.2. The molecule has 0 aromatic carbocycles. The number of ether oxygens (including phenoxy) is 8. The average Bonchev–Trinajstić information content (AvgIpc) is 3.33. The second kappa shape index (κ2) is 20.3. The predicted octanol–water partition coefficient (Wildman–Crippen LogP) is -0.191. The maximum absolute atomic E-state index is 13.2. The van der Waals surface area contributed by atoms with Crippen LogP contribution in [0.1, 0.15) is 113 Å². The zero-order valence-electron chi connectivity index (χ0n) is 43.2. The summed E-state index contributed by atoms with van der Waals surface area (Å²) in [5.74, 6) is -0.301. The van der Waals surface area contributed by atoms with Crippen molar-refractivity contribution in [3.8, 4) is 0 Å². The number of aliphatic carboxylic acids is 1. The standard InChI is InChI=1S/C52H84O21/c1-47(2)14-16-52(46(64)65)17-15-50(6)23(24(52)18-47)8-9-30-49(5)12-11-31(48(3,4)29(49)10-13-51(30,50)7)71-45-41(73-43-39(63)36(60)34(58)27(19-53)69-43)37(61)35(59)28(70-45)22-68-44-40(33(57)26(55)21-67-44)72-42-38(62)32(56)25(54)20-66-42/h8,24-45,53-63H,9-22H2,1-7H3,(H,64,65). The molecule has 4 aliphatic heterocycles. The van der Waals surface area contributed by atoms with Crippen LogP contribution >= 0.6 is 0 Å². The van der Waals surface area contributed by atoms with Crippen molar-refractivity contribution in [1.82, 2.24) is 0 Å². The van der Waals surface area contributed by atoms with E-state index in [1.807, 2.05) is 0 Å². The van der Waals surface area contributed by atoms with E-state index in [1.54, 1.807) is 0 Å². The van der Waals surface area contributed by atoms with Gasteiger partial charge in [-0.05, 0) is 109 Å². The Labute approximate surface area is 426 Å². The van der Waals surface area contributed by atoms with E-state index >= 15 is 0 Å². The lowest BCUT2D eigenvalue weighted by Crippen LogP contribution is -2.67. The highest BCUT2D eigenvalue weighted by molar-refractivity contribution is 5.76. The molecule has 73 heavy (non-hydrogen) atoms.